The molecule has 5 rings (SSSR count). The number of thiazole rings is 1. The van der Waals surface area contributed by atoms with Crippen molar-refractivity contribution >= 4 is 49.3 Å². The zero-order valence-electron chi connectivity index (χ0n) is 20.2. The maximum absolute atomic E-state index is 16.1. The third kappa shape index (κ3) is 4.10. The molecule has 2 atom stereocenters. The van der Waals surface area contributed by atoms with Crippen LogP contribution in [0.4, 0.5) is 32.9 Å². The highest BCUT2D eigenvalue weighted by molar-refractivity contribution is 7.22. The van der Waals surface area contributed by atoms with Crippen molar-refractivity contribution < 1.29 is 26.7 Å². The van der Waals surface area contributed by atoms with Crippen LogP contribution in [-0.4, -0.2) is 51.9 Å². The molecule has 7 nitrogen and oxygen atoms in total. The largest absolute Gasteiger partial charge is 0.417 e. The van der Waals surface area contributed by atoms with E-state index in [9.17, 15) is 22.4 Å². The predicted octanol–water partition coefficient (Wildman–Crippen LogP) is 5.25. The third-order valence-corrected chi connectivity index (χ3v) is 7.72. The number of nitrogen functional groups attached to an aromatic ring is 1. The fraction of sp³-hybridized carbons (Fsp3) is 0.280. The number of fused-ring (bicyclic) bond motifs is 2. The van der Waals surface area contributed by atoms with E-state index in [-0.39, 0.29) is 55.5 Å². The Balaban J connectivity index is 1.72. The summed E-state index contributed by atoms with van der Waals surface area (Å²) in [6.45, 7) is 6.11. The number of likely N-dealkylation sites (N-methyl/N-ethyl adjacent to an activating group) is 1. The van der Waals surface area contributed by atoms with Gasteiger partial charge in [-0.1, -0.05) is 24.8 Å². The van der Waals surface area contributed by atoms with Crippen LogP contribution < -0.4 is 10.6 Å². The van der Waals surface area contributed by atoms with Gasteiger partial charge in [0.25, 0.3) is 0 Å². The first-order valence-corrected chi connectivity index (χ1v) is 12.3. The highest BCUT2D eigenvalue weighted by Gasteiger charge is 2.39. The fourth-order valence-corrected chi connectivity index (χ4v) is 5.79. The number of anilines is 2. The van der Waals surface area contributed by atoms with Crippen molar-refractivity contribution in [3.05, 3.63) is 54.4 Å². The molecule has 1 fully saturated rings. The van der Waals surface area contributed by atoms with Crippen molar-refractivity contribution in [1.29, 1.82) is 0 Å². The lowest BCUT2D eigenvalue weighted by Crippen LogP contribution is -2.38. The van der Waals surface area contributed by atoms with E-state index in [1.807, 2.05) is 6.92 Å². The molecule has 2 unspecified atom stereocenters. The van der Waals surface area contributed by atoms with Crippen molar-refractivity contribution in [3.8, 4) is 11.1 Å². The summed E-state index contributed by atoms with van der Waals surface area (Å²) in [6, 6.07) is 2.51. The van der Waals surface area contributed by atoms with Crippen LogP contribution in [0.15, 0.2) is 37.2 Å². The van der Waals surface area contributed by atoms with Gasteiger partial charge in [-0.25, -0.2) is 23.7 Å². The van der Waals surface area contributed by atoms with Crippen molar-refractivity contribution in [1.82, 2.24) is 19.9 Å². The second-order valence-electron chi connectivity index (χ2n) is 9.13. The molecule has 2 aromatic carbocycles. The number of aromatic nitrogens is 3. The number of nitrogens with two attached hydrogens (primary N) is 1. The molecular formula is C25H21F5N6OS. The first-order chi connectivity index (χ1) is 17.9. The highest BCUT2D eigenvalue weighted by atomic mass is 32.1. The van der Waals surface area contributed by atoms with Gasteiger partial charge in [0, 0.05) is 36.7 Å². The molecule has 0 bridgehead atoms. The molecule has 4 aromatic rings. The molecule has 2 N–H and O–H groups in total. The van der Waals surface area contributed by atoms with Gasteiger partial charge in [-0.05, 0) is 30.2 Å². The van der Waals surface area contributed by atoms with Crippen LogP contribution >= 0.6 is 11.3 Å². The normalized spacial score (nSPS) is 17.9. The minimum absolute atomic E-state index is 0.0530. The molecule has 0 aliphatic carbocycles. The number of amides is 1. The number of likely N-dealkylation sites (tertiary alicyclic amines) is 1. The second kappa shape index (κ2) is 9.15. The molecule has 2 aromatic heterocycles. The maximum Gasteiger partial charge on any atom is 0.417 e. The monoisotopic (exact) mass is 548 g/mol. The molecule has 13 heteroatoms. The summed E-state index contributed by atoms with van der Waals surface area (Å²) in [6.07, 6.45) is -2.71. The van der Waals surface area contributed by atoms with Crippen molar-refractivity contribution in [2.45, 2.75) is 19.1 Å². The number of rotatable bonds is 4. The summed E-state index contributed by atoms with van der Waals surface area (Å²) >= 11 is 0.756. The number of nitrogens with zero attached hydrogens (tertiary/aromatic N) is 5. The lowest BCUT2D eigenvalue weighted by atomic mass is 9.95. The van der Waals surface area contributed by atoms with Gasteiger partial charge in [-0.2, -0.15) is 13.2 Å². The zero-order chi connectivity index (χ0) is 27.5. The summed E-state index contributed by atoms with van der Waals surface area (Å²) in [5.74, 6) is -2.20. The van der Waals surface area contributed by atoms with Gasteiger partial charge < -0.3 is 15.5 Å². The minimum Gasteiger partial charge on any atom is -0.375 e. The molecule has 198 valence electrons. The number of hydrogen-bond donors (Lipinski definition) is 1. The van der Waals surface area contributed by atoms with E-state index in [2.05, 4.69) is 21.5 Å². The summed E-state index contributed by atoms with van der Waals surface area (Å²) in [5, 5.41) is -0.220. The topological polar surface area (TPSA) is 88.2 Å². The zero-order valence-corrected chi connectivity index (χ0v) is 21.0. The molecule has 3 heterocycles. The van der Waals surface area contributed by atoms with E-state index in [0.29, 0.717) is 13.1 Å². The summed E-state index contributed by atoms with van der Waals surface area (Å²) < 4.78 is 73.6. The minimum atomic E-state index is -4.98. The molecule has 0 saturated carbocycles. The Kier molecular flexibility index (Phi) is 6.21. The van der Waals surface area contributed by atoms with Crippen LogP contribution in [0.25, 0.3) is 32.2 Å². The SMILES string of the molecule is C=CC(=O)N1CC(C)C(N(C)c2ncnc3c(F)c(-c4ccc(F)c5sc(N)nc45)c(C(F)(F)F)cc23)C1. The lowest BCUT2D eigenvalue weighted by molar-refractivity contribution is -0.137. The Bertz CT molecular complexity index is 1600. The van der Waals surface area contributed by atoms with E-state index in [4.69, 9.17) is 5.73 Å². The quantitative estimate of drug-likeness (QED) is 0.277. The average Bonchev–Trinajstić information content (AvgIpc) is 3.46. The van der Waals surface area contributed by atoms with Crippen molar-refractivity contribution in [2.24, 2.45) is 5.92 Å². The number of hydrogen-bond acceptors (Lipinski definition) is 7. The van der Waals surface area contributed by atoms with Gasteiger partial charge in [0.1, 0.15) is 23.5 Å². The second-order valence-corrected chi connectivity index (χ2v) is 10.2. The first kappa shape index (κ1) is 25.8. The highest BCUT2D eigenvalue weighted by Crippen LogP contribution is 2.45. The molecule has 1 saturated heterocycles. The van der Waals surface area contributed by atoms with Crippen LogP contribution in [0.5, 0.6) is 0 Å². The summed E-state index contributed by atoms with van der Waals surface area (Å²) in [4.78, 5) is 27.5. The molecule has 38 heavy (non-hydrogen) atoms. The smallest absolute Gasteiger partial charge is 0.375 e. The average molecular weight is 549 g/mol. The Morgan fingerprint density at radius 2 is 1.97 bits per heavy atom. The van der Waals surface area contributed by atoms with E-state index < -0.39 is 28.9 Å². The lowest BCUT2D eigenvalue weighted by Gasteiger charge is -2.29. The van der Waals surface area contributed by atoms with Gasteiger partial charge in [0.15, 0.2) is 10.9 Å². The van der Waals surface area contributed by atoms with Gasteiger partial charge in [0.2, 0.25) is 5.91 Å². The van der Waals surface area contributed by atoms with Crippen LogP contribution in [0.1, 0.15) is 12.5 Å². The standard InChI is InChI=1S/C25H21F5N6OS/c1-4-17(37)36-8-11(2)16(9-36)35(3)23-13-7-14(25(28,29)30)18(19(27)20(13)32-10-33-23)12-5-6-15(26)22-21(12)34-24(31)38-22/h4-7,10-11,16H,1,8-9H2,2-3H3,(H2,31,34). The van der Waals surface area contributed by atoms with Crippen LogP contribution in [0.3, 0.4) is 0 Å². The Morgan fingerprint density at radius 3 is 2.66 bits per heavy atom. The molecule has 1 aliphatic rings. The van der Waals surface area contributed by atoms with Crippen molar-refractivity contribution in [3.63, 3.8) is 0 Å². The van der Waals surface area contributed by atoms with Crippen LogP contribution in [0, 0.1) is 17.6 Å². The maximum atomic E-state index is 16.1. The number of benzene rings is 2. The molecular weight excluding hydrogens is 527 g/mol. The van der Waals surface area contributed by atoms with E-state index in [0.717, 1.165) is 35.9 Å². The van der Waals surface area contributed by atoms with Gasteiger partial charge in [-0.3, -0.25) is 4.79 Å². The Morgan fingerprint density at radius 1 is 1.24 bits per heavy atom. The van der Waals surface area contributed by atoms with Gasteiger partial charge >= 0.3 is 6.18 Å². The van der Waals surface area contributed by atoms with E-state index in [1.165, 1.54) is 6.08 Å². The van der Waals surface area contributed by atoms with Crippen LogP contribution in [-0.2, 0) is 11.0 Å². The van der Waals surface area contributed by atoms with E-state index in [1.54, 1.807) is 16.8 Å². The summed E-state index contributed by atoms with van der Waals surface area (Å²) in [5.41, 5.74) is 2.84. The molecule has 1 amide bonds. The van der Waals surface area contributed by atoms with Gasteiger partial charge in [-0.15, -0.1) is 0 Å². The predicted molar refractivity (Wildman–Crippen MR) is 136 cm³/mol. The number of halogens is 5. The van der Waals surface area contributed by atoms with Crippen molar-refractivity contribution in [2.75, 3.05) is 30.8 Å². The molecule has 0 radical (unpaired) electrons. The summed E-state index contributed by atoms with van der Waals surface area (Å²) in [7, 11) is 1.63. The van der Waals surface area contributed by atoms with E-state index >= 15 is 4.39 Å². The Labute approximate surface area is 217 Å². The molecule has 1 aliphatic heterocycles. The number of alkyl halides is 3. The fourth-order valence-electron chi connectivity index (χ4n) is 5.03. The van der Waals surface area contributed by atoms with Crippen LogP contribution in [0.2, 0.25) is 0 Å². The number of carbonyl (C=O) groups is 1. The van der Waals surface area contributed by atoms with Gasteiger partial charge in [0.05, 0.1) is 21.8 Å². The number of carbonyl (C=O) groups excluding carboxylic acids is 1. The molecule has 0 spiro atoms. The first-order valence-electron chi connectivity index (χ1n) is 11.5. The third-order valence-electron chi connectivity index (χ3n) is 6.83. The Hall–Kier alpha value is -3.87.